The third-order valence-corrected chi connectivity index (χ3v) is 9.62. The summed E-state index contributed by atoms with van der Waals surface area (Å²) in [6, 6.07) is 22.5. The second kappa shape index (κ2) is 14.2. The molecule has 1 fully saturated rings. The second-order valence-electron chi connectivity index (χ2n) is 11.3. The Morgan fingerprint density at radius 1 is 1.02 bits per heavy atom. The Bertz CT molecular complexity index is 1500. The standard InChI is InChI=1S/C33H41N3O6S/c1-5-23(2)20-35(43(40,41)28-16-14-24(3)15-17-28)21-30(37)29(19-26-11-7-6-8-12-26)34-32(38)31-22-36(33(39)42-31)27-13-9-10-25(4)18-27/h6-18,23,29-31,37H,5,19-22H2,1-4H3,(H,34,38)/t23-,29-,30+,31-/m0/s1. The molecule has 10 heteroatoms. The third kappa shape index (κ3) is 8.22. The number of carbonyl (C=O) groups excluding carboxylic acids is 2. The van der Waals surface area contributed by atoms with Crippen LogP contribution in [-0.4, -0.2) is 67.7 Å². The van der Waals surface area contributed by atoms with Crippen molar-refractivity contribution in [2.75, 3.05) is 24.5 Å². The zero-order valence-corrected chi connectivity index (χ0v) is 26.0. The Hall–Kier alpha value is -3.73. The van der Waals surface area contributed by atoms with E-state index in [2.05, 4.69) is 5.32 Å². The molecule has 1 saturated heterocycles. The van der Waals surface area contributed by atoms with Crippen LogP contribution >= 0.6 is 0 Å². The molecule has 0 radical (unpaired) electrons. The zero-order valence-electron chi connectivity index (χ0n) is 25.1. The molecule has 1 aliphatic heterocycles. The van der Waals surface area contributed by atoms with Crippen molar-refractivity contribution in [3.8, 4) is 0 Å². The maximum absolute atomic E-state index is 13.7. The van der Waals surface area contributed by atoms with Crippen molar-refractivity contribution < 1.29 is 27.9 Å². The van der Waals surface area contributed by atoms with E-state index in [1.165, 1.54) is 9.21 Å². The summed E-state index contributed by atoms with van der Waals surface area (Å²) in [6.07, 6.45) is -1.97. The molecular formula is C33H41N3O6S. The van der Waals surface area contributed by atoms with Gasteiger partial charge in [-0.15, -0.1) is 0 Å². The first kappa shape index (κ1) is 32.2. The molecule has 0 unspecified atom stereocenters. The van der Waals surface area contributed by atoms with E-state index in [0.717, 1.165) is 23.1 Å². The minimum absolute atomic E-state index is 0.0181. The van der Waals surface area contributed by atoms with Crippen molar-refractivity contribution in [1.29, 1.82) is 0 Å². The fourth-order valence-corrected chi connectivity index (χ4v) is 6.55. The van der Waals surface area contributed by atoms with Gasteiger partial charge in [-0.1, -0.05) is 80.4 Å². The lowest BCUT2D eigenvalue weighted by molar-refractivity contribution is -0.129. The molecule has 3 aromatic carbocycles. The Balaban J connectivity index is 1.56. The van der Waals surface area contributed by atoms with Crippen LogP contribution in [0.5, 0.6) is 0 Å². The quantitative estimate of drug-likeness (QED) is 0.297. The molecular weight excluding hydrogens is 566 g/mol. The number of rotatable bonds is 13. The molecule has 230 valence electrons. The number of aliphatic hydroxyl groups is 1. The molecule has 0 bridgehead atoms. The maximum atomic E-state index is 13.7. The van der Waals surface area contributed by atoms with Crippen LogP contribution in [0.25, 0.3) is 0 Å². The van der Waals surface area contributed by atoms with Crippen molar-refractivity contribution in [1.82, 2.24) is 9.62 Å². The van der Waals surface area contributed by atoms with Gasteiger partial charge in [0.15, 0.2) is 6.10 Å². The lowest BCUT2D eigenvalue weighted by Gasteiger charge is -2.31. The van der Waals surface area contributed by atoms with Gasteiger partial charge in [0.05, 0.1) is 23.6 Å². The number of aryl methyl sites for hydroxylation is 2. The number of cyclic esters (lactones) is 1. The summed E-state index contributed by atoms with van der Waals surface area (Å²) in [4.78, 5) is 27.6. The van der Waals surface area contributed by atoms with Crippen molar-refractivity contribution >= 4 is 27.7 Å². The number of nitrogens with zero attached hydrogens (tertiary/aromatic N) is 2. The van der Waals surface area contributed by atoms with Gasteiger partial charge >= 0.3 is 6.09 Å². The summed E-state index contributed by atoms with van der Waals surface area (Å²) >= 11 is 0. The minimum Gasteiger partial charge on any atom is -0.434 e. The molecule has 43 heavy (non-hydrogen) atoms. The minimum atomic E-state index is -3.93. The van der Waals surface area contributed by atoms with Gasteiger partial charge in [-0.3, -0.25) is 9.69 Å². The van der Waals surface area contributed by atoms with Crippen LogP contribution in [0.15, 0.2) is 83.8 Å². The number of hydrogen-bond donors (Lipinski definition) is 2. The van der Waals surface area contributed by atoms with Gasteiger partial charge in [0.1, 0.15) is 0 Å². The van der Waals surface area contributed by atoms with Gasteiger partial charge in [-0.2, -0.15) is 4.31 Å². The summed E-state index contributed by atoms with van der Waals surface area (Å²) in [5, 5.41) is 14.4. The normalized spacial score (nSPS) is 17.4. The Morgan fingerprint density at radius 2 is 1.72 bits per heavy atom. The highest BCUT2D eigenvalue weighted by atomic mass is 32.2. The molecule has 1 aliphatic rings. The first-order valence-corrected chi connectivity index (χ1v) is 16.1. The zero-order chi connectivity index (χ0) is 31.1. The molecule has 0 aliphatic carbocycles. The molecule has 3 aromatic rings. The van der Waals surface area contributed by atoms with Crippen LogP contribution in [0.3, 0.4) is 0 Å². The number of hydrogen-bond acceptors (Lipinski definition) is 6. The molecule has 2 amide bonds. The van der Waals surface area contributed by atoms with Crippen molar-refractivity contribution in [3.63, 3.8) is 0 Å². The second-order valence-corrected chi connectivity index (χ2v) is 13.3. The fourth-order valence-electron chi connectivity index (χ4n) is 4.98. The fraction of sp³-hybridized carbons (Fsp3) is 0.394. The van der Waals surface area contributed by atoms with Crippen LogP contribution in [0.1, 0.15) is 37.0 Å². The molecule has 0 spiro atoms. The summed E-state index contributed by atoms with van der Waals surface area (Å²) in [5.74, 6) is -0.515. The Kier molecular flexibility index (Phi) is 10.6. The van der Waals surface area contributed by atoms with E-state index in [0.29, 0.717) is 5.69 Å². The largest absolute Gasteiger partial charge is 0.434 e. The molecule has 1 heterocycles. The maximum Gasteiger partial charge on any atom is 0.415 e. The number of anilines is 1. The highest BCUT2D eigenvalue weighted by Gasteiger charge is 2.39. The summed E-state index contributed by atoms with van der Waals surface area (Å²) in [7, 11) is -3.93. The van der Waals surface area contributed by atoms with E-state index in [9.17, 15) is 23.1 Å². The number of sulfonamides is 1. The highest BCUT2D eigenvalue weighted by molar-refractivity contribution is 7.89. The number of carbonyl (C=O) groups is 2. The number of aliphatic hydroxyl groups excluding tert-OH is 1. The number of nitrogens with one attached hydrogen (secondary N) is 1. The molecule has 4 atom stereocenters. The van der Waals surface area contributed by atoms with Crippen LogP contribution in [0, 0.1) is 19.8 Å². The molecule has 0 aromatic heterocycles. The number of benzene rings is 3. The van der Waals surface area contributed by atoms with E-state index < -0.39 is 40.3 Å². The van der Waals surface area contributed by atoms with E-state index in [1.807, 2.05) is 76.2 Å². The van der Waals surface area contributed by atoms with Gasteiger partial charge in [0.2, 0.25) is 10.0 Å². The average Bonchev–Trinajstić information content (AvgIpc) is 3.38. The van der Waals surface area contributed by atoms with E-state index >= 15 is 0 Å². The van der Waals surface area contributed by atoms with E-state index in [4.69, 9.17) is 4.74 Å². The predicted octanol–water partition coefficient (Wildman–Crippen LogP) is 4.45. The number of amides is 2. The third-order valence-electron chi connectivity index (χ3n) is 7.77. The number of ether oxygens (including phenoxy) is 1. The molecule has 9 nitrogen and oxygen atoms in total. The molecule has 0 saturated carbocycles. The first-order valence-electron chi connectivity index (χ1n) is 14.6. The highest BCUT2D eigenvalue weighted by Crippen LogP contribution is 2.24. The SMILES string of the molecule is CC[C@H](C)CN(C[C@@H](O)[C@H](Cc1ccccc1)NC(=O)[C@@H]1CN(c2cccc(C)c2)C(=O)O1)S(=O)(=O)c1ccc(C)cc1. The lowest BCUT2D eigenvalue weighted by atomic mass is 10.0. The van der Waals surface area contributed by atoms with Gasteiger partial charge < -0.3 is 15.2 Å². The van der Waals surface area contributed by atoms with Crippen LogP contribution in [0.2, 0.25) is 0 Å². The van der Waals surface area contributed by atoms with Crippen molar-refractivity contribution in [3.05, 3.63) is 95.6 Å². The first-order chi connectivity index (χ1) is 20.5. The Labute approximate surface area is 254 Å². The topological polar surface area (TPSA) is 116 Å². The van der Waals surface area contributed by atoms with Gasteiger partial charge in [0.25, 0.3) is 5.91 Å². The molecule has 4 rings (SSSR count). The van der Waals surface area contributed by atoms with Crippen LogP contribution < -0.4 is 10.2 Å². The van der Waals surface area contributed by atoms with Gasteiger partial charge in [-0.05, 0) is 61.6 Å². The summed E-state index contributed by atoms with van der Waals surface area (Å²) in [5.41, 5.74) is 3.38. The van der Waals surface area contributed by atoms with Crippen LogP contribution in [0.4, 0.5) is 10.5 Å². The van der Waals surface area contributed by atoms with Gasteiger partial charge in [-0.25, -0.2) is 13.2 Å². The monoisotopic (exact) mass is 607 g/mol. The summed E-state index contributed by atoms with van der Waals surface area (Å²) < 4.78 is 34.2. The Morgan fingerprint density at radius 3 is 2.37 bits per heavy atom. The van der Waals surface area contributed by atoms with Crippen LogP contribution in [-0.2, 0) is 26.0 Å². The lowest BCUT2D eigenvalue weighted by Crippen LogP contribution is -2.53. The van der Waals surface area contributed by atoms with Crippen molar-refractivity contribution in [2.45, 2.75) is 63.7 Å². The van der Waals surface area contributed by atoms with Gasteiger partial charge in [0, 0.05) is 18.8 Å². The van der Waals surface area contributed by atoms with E-state index in [1.54, 1.807) is 30.3 Å². The van der Waals surface area contributed by atoms with E-state index in [-0.39, 0.29) is 36.9 Å². The molecule has 2 N–H and O–H groups in total. The van der Waals surface area contributed by atoms with Crippen molar-refractivity contribution in [2.24, 2.45) is 5.92 Å². The summed E-state index contributed by atoms with van der Waals surface area (Å²) in [6.45, 7) is 7.74. The smallest absolute Gasteiger partial charge is 0.415 e. The average molecular weight is 608 g/mol. The predicted molar refractivity (Wildman–Crippen MR) is 166 cm³/mol.